The van der Waals surface area contributed by atoms with Gasteiger partial charge in [-0.05, 0) is 66.5 Å². The minimum atomic E-state index is -1.09. The van der Waals surface area contributed by atoms with Crippen LogP contribution in [0.2, 0.25) is 10.0 Å². The second-order valence-electron chi connectivity index (χ2n) is 8.78. The highest BCUT2D eigenvalue weighted by atomic mass is 35.5. The summed E-state index contributed by atoms with van der Waals surface area (Å²) < 4.78 is 5.12. The Hall–Kier alpha value is -2.89. The number of carbonyl (C=O) groups excluding carboxylic acids is 3. The highest BCUT2D eigenvalue weighted by Crippen LogP contribution is 2.49. The van der Waals surface area contributed by atoms with Crippen LogP contribution < -0.4 is 4.74 Å². The van der Waals surface area contributed by atoms with Crippen molar-refractivity contribution in [1.29, 1.82) is 0 Å². The molecule has 2 aromatic rings. The molecule has 0 saturated heterocycles. The second kappa shape index (κ2) is 11.5. The summed E-state index contributed by atoms with van der Waals surface area (Å²) in [5.74, 6) is -1.70. The van der Waals surface area contributed by atoms with Gasteiger partial charge in [-0.15, -0.1) is 0 Å². The van der Waals surface area contributed by atoms with E-state index in [2.05, 4.69) is 0 Å². The van der Waals surface area contributed by atoms with Crippen LogP contribution in [0.4, 0.5) is 0 Å². The van der Waals surface area contributed by atoms with E-state index < -0.39 is 17.8 Å². The molecule has 0 unspecified atom stereocenters. The van der Waals surface area contributed by atoms with Gasteiger partial charge in [0.25, 0.3) is 5.91 Å². The van der Waals surface area contributed by atoms with Crippen LogP contribution in [0.5, 0.6) is 5.75 Å². The summed E-state index contributed by atoms with van der Waals surface area (Å²) in [5, 5.41) is 1.07. The maximum Gasteiger partial charge on any atom is 0.402 e. The average molecular weight is 500 g/mol. The van der Waals surface area contributed by atoms with Gasteiger partial charge in [-0.25, -0.2) is 4.79 Å². The van der Waals surface area contributed by atoms with Crippen molar-refractivity contribution in [2.75, 3.05) is 6.54 Å². The fourth-order valence-electron chi connectivity index (χ4n) is 3.54. The molecule has 7 heteroatoms. The maximum atomic E-state index is 12.9. The van der Waals surface area contributed by atoms with Gasteiger partial charge in [0.1, 0.15) is 5.75 Å². The Morgan fingerprint density at radius 1 is 1.09 bits per heavy atom. The van der Waals surface area contributed by atoms with Crippen LogP contribution in [0.1, 0.15) is 38.7 Å². The van der Waals surface area contributed by atoms with Crippen molar-refractivity contribution >= 4 is 41.0 Å². The number of halogens is 2. The SMILES string of the molecule is CC(C=C[C@@H]1C[C@H]1c1ccc(Cl)c(Cl)c1)=CC(=O)N(CC(C)C)C(=O)C(=O)Oc1ccccc1. The Balaban J connectivity index is 1.64. The van der Waals surface area contributed by atoms with Crippen molar-refractivity contribution in [3.63, 3.8) is 0 Å². The van der Waals surface area contributed by atoms with Crippen LogP contribution in [0.25, 0.3) is 0 Å². The van der Waals surface area contributed by atoms with E-state index in [1.807, 2.05) is 38.1 Å². The first-order chi connectivity index (χ1) is 16.2. The van der Waals surface area contributed by atoms with Gasteiger partial charge in [0, 0.05) is 12.6 Å². The summed E-state index contributed by atoms with van der Waals surface area (Å²) in [6, 6.07) is 13.9. The van der Waals surface area contributed by atoms with Crippen molar-refractivity contribution in [1.82, 2.24) is 4.90 Å². The van der Waals surface area contributed by atoms with Gasteiger partial charge in [-0.2, -0.15) is 0 Å². The predicted octanol–water partition coefficient (Wildman–Crippen LogP) is 6.22. The quantitative estimate of drug-likeness (QED) is 0.149. The van der Waals surface area contributed by atoms with Crippen molar-refractivity contribution in [3.05, 3.63) is 87.9 Å². The third kappa shape index (κ3) is 7.05. The van der Waals surface area contributed by atoms with Crippen LogP contribution in [-0.2, 0) is 14.4 Å². The molecule has 1 aliphatic carbocycles. The van der Waals surface area contributed by atoms with E-state index in [0.717, 1.165) is 16.9 Å². The van der Waals surface area contributed by atoms with Gasteiger partial charge >= 0.3 is 11.9 Å². The maximum absolute atomic E-state index is 12.9. The number of benzene rings is 2. The first-order valence-corrected chi connectivity index (χ1v) is 11.9. The van der Waals surface area contributed by atoms with Crippen LogP contribution in [0, 0.1) is 11.8 Å². The number of imide groups is 1. The molecule has 0 bridgehead atoms. The number of carbonyl (C=O) groups is 3. The summed E-state index contributed by atoms with van der Waals surface area (Å²) in [6.07, 6.45) is 6.26. The topological polar surface area (TPSA) is 63.7 Å². The molecule has 1 saturated carbocycles. The number of rotatable bonds is 7. The van der Waals surface area contributed by atoms with Crippen LogP contribution in [0.15, 0.2) is 72.3 Å². The second-order valence-corrected chi connectivity index (χ2v) is 9.59. The van der Waals surface area contributed by atoms with E-state index in [9.17, 15) is 14.4 Å². The monoisotopic (exact) mass is 499 g/mol. The molecule has 0 aromatic heterocycles. The summed E-state index contributed by atoms with van der Waals surface area (Å²) in [4.78, 5) is 38.8. The smallest absolute Gasteiger partial charge is 0.402 e. The molecule has 2 aromatic carbocycles. The highest BCUT2D eigenvalue weighted by molar-refractivity contribution is 6.42. The Morgan fingerprint density at radius 3 is 2.44 bits per heavy atom. The molecular weight excluding hydrogens is 473 g/mol. The number of esters is 1. The zero-order valence-corrected chi connectivity index (χ0v) is 20.8. The molecule has 0 radical (unpaired) electrons. The van der Waals surface area contributed by atoms with Crippen LogP contribution in [-0.4, -0.2) is 29.2 Å². The van der Waals surface area contributed by atoms with Crippen molar-refractivity contribution in [2.45, 2.75) is 33.1 Å². The molecular formula is C27H27Cl2NO4. The van der Waals surface area contributed by atoms with E-state index in [1.54, 1.807) is 43.3 Å². The first kappa shape index (κ1) is 25.7. The number of para-hydroxylation sites is 1. The largest absolute Gasteiger partial charge is 0.419 e. The van der Waals surface area contributed by atoms with Gasteiger partial charge < -0.3 is 4.74 Å². The van der Waals surface area contributed by atoms with E-state index in [4.69, 9.17) is 27.9 Å². The fraction of sp³-hybridized carbons (Fsp3) is 0.296. The molecule has 3 rings (SSSR count). The van der Waals surface area contributed by atoms with Gasteiger partial charge in [-0.1, -0.05) is 73.5 Å². The van der Waals surface area contributed by atoms with Gasteiger partial charge in [0.2, 0.25) is 0 Å². The number of amides is 2. The summed E-state index contributed by atoms with van der Waals surface area (Å²) in [6.45, 7) is 5.62. The molecule has 0 spiro atoms. The van der Waals surface area contributed by atoms with Crippen molar-refractivity contribution in [2.24, 2.45) is 11.8 Å². The Kier molecular flexibility index (Phi) is 8.70. The normalized spacial score (nSPS) is 17.6. The standard InChI is InChI=1S/C27H27Cl2NO4/c1-17(2)16-30(26(32)27(33)34-21-7-5-4-6-8-21)25(31)13-18(3)9-10-19-14-22(19)20-11-12-23(28)24(29)15-20/h4-13,15,17,19,22H,14,16H2,1-3H3/t19-,22-/m1/s1. The number of allylic oxidation sites excluding steroid dienone is 3. The van der Waals surface area contributed by atoms with Gasteiger partial charge in [0.05, 0.1) is 10.0 Å². The Labute approximate surface area is 210 Å². The molecule has 0 aliphatic heterocycles. The zero-order valence-electron chi connectivity index (χ0n) is 19.3. The third-order valence-electron chi connectivity index (χ3n) is 5.36. The molecule has 1 fully saturated rings. The average Bonchev–Trinajstić information content (AvgIpc) is 3.57. The number of hydrogen-bond acceptors (Lipinski definition) is 4. The first-order valence-electron chi connectivity index (χ1n) is 11.1. The fourth-order valence-corrected chi connectivity index (χ4v) is 3.84. The lowest BCUT2D eigenvalue weighted by molar-refractivity contribution is -0.157. The van der Waals surface area contributed by atoms with Crippen molar-refractivity contribution in [3.8, 4) is 5.75 Å². The van der Waals surface area contributed by atoms with Crippen LogP contribution >= 0.6 is 23.2 Å². The molecule has 2 atom stereocenters. The zero-order chi connectivity index (χ0) is 24.8. The molecule has 0 heterocycles. The number of nitrogens with zero attached hydrogens (tertiary/aromatic N) is 1. The van der Waals surface area contributed by atoms with E-state index in [0.29, 0.717) is 27.5 Å². The molecule has 5 nitrogen and oxygen atoms in total. The summed E-state index contributed by atoms with van der Waals surface area (Å²) in [7, 11) is 0. The van der Waals surface area contributed by atoms with Crippen molar-refractivity contribution < 1.29 is 19.1 Å². The lowest BCUT2D eigenvalue weighted by Gasteiger charge is -2.20. The van der Waals surface area contributed by atoms with E-state index in [-0.39, 0.29) is 18.2 Å². The summed E-state index contributed by atoms with van der Waals surface area (Å²) >= 11 is 12.1. The summed E-state index contributed by atoms with van der Waals surface area (Å²) in [5.41, 5.74) is 1.81. The predicted molar refractivity (Wildman–Crippen MR) is 134 cm³/mol. The molecule has 2 amide bonds. The third-order valence-corrected chi connectivity index (χ3v) is 6.10. The van der Waals surface area contributed by atoms with E-state index in [1.165, 1.54) is 6.08 Å². The van der Waals surface area contributed by atoms with Gasteiger partial charge in [0.15, 0.2) is 0 Å². The minimum absolute atomic E-state index is 0.0138. The number of ether oxygens (including phenoxy) is 1. The Morgan fingerprint density at radius 2 is 1.79 bits per heavy atom. The molecule has 34 heavy (non-hydrogen) atoms. The minimum Gasteiger partial charge on any atom is -0.419 e. The lowest BCUT2D eigenvalue weighted by atomic mass is 10.1. The molecule has 1 aliphatic rings. The molecule has 178 valence electrons. The van der Waals surface area contributed by atoms with Gasteiger partial charge in [-0.3, -0.25) is 14.5 Å². The van der Waals surface area contributed by atoms with Crippen LogP contribution in [0.3, 0.4) is 0 Å². The lowest BCUT2D eigenvalue weighted by Crippen LogP contribution is -2.44. The van der Waals surface area contributed by atoms with E-state index >= 15 is 0 Å². The molecule has 0 N–H and O–H groups in total. The highest BCUT2D eigenvalue weighted by Gasteiger charge is 2.36. The number of hydrogen-bond donors (Lipinski definition) is 0. The Bertz CT molecular complexity index is 1120.